The van der Waals surface area contributed by atoms with Crippen LogP contribution in [0.5, 0.6) is 0 Å². The lowest BCUT2D eigenvalue weighted by Crippen LogP contribution is -2.47. The molecule has 1 amide bonds. The molecule has 0 aromatic heterocycles. The number of likely N-dealkylation sites (N-methyl/N-ethyl adjacent to an activating group) is 1. The van der Waals surface area contributed by atoms with Crippen molar-refractivity contribution in [1.29, 1.82) is 0 Å². The van der Waals surface area contributed by atoms with Crippen molar-refractivity contribution in [3.8, 4) is 0 Å². The molecule has 0 aromatic carbocycles. The monoisotopic (exact) mass is 257 g/mol. The van der Waals surface area contributed by atoms with Crippen LogP contribution < -0.4 is 0 Å². The Morgan fingerprint density at radius 1 is 1.50 bits per heavy atom. The van der Waals surface area contributed by atoms with Gasteiger partial charge in [-0.3, -0.25) is 0 Å². The van der Waals surface area contributed by atoms with Gasteiger partial charge >= 0.3 is 6.09 Å². The number of carbonyl (C=O) groups excluding carboxylic acids is 2. The van der Waals surface area contributed by atoms with Gasteiger partial charge in [-0.15, -0.1) is 0 Å². The van der Waals surface area contributed by atoms with E-state index in [1.165, 1.54) is 4.90 Å². The highest BCUT2D eigenvalue weighted by Crippen LogP contribution is 2.26. The molecule has 5 nitrogen and oxygen atoms in total. The van der Waals surface area contributed by atoms with E-state index >= 15 is 0 Å². The standard InChI is InChI=1S/C13H23NO4/c1-9-10(6-7-17-9)11(8-15)14(5)12(16)18-13(2,3)4/h8-11H,6-7H2,1-5H3. The summed E-state index contributed by atoms with van der Waals surface area (Å²) in [6.45, 7) is 7.97. The molecule has 1 rings (SSSR count). The lowest BCUT2D eigenvalue weighted by Gasteiger charge is -2.31. The summed E-state index contributed by atoms with van der Waals surface area (Å²) in [5, 5.41) is 0. The lowest BCUT2D eigenvalue weighted by molar-refractivity contribution is -0.114. The molecule has 5 heteroatoms. The Labute approximate surface area is 108 Å². The van der Waals surface area contributed by atoms with Crippen LogP contribution in [0.4, 0.5) is 4.79 Å². The Hall–Kier alpha value is -1.10. The van der Waals surface area contributed by atoms with Gasteiger partial charge in [-0.1, -0.05) is 0 Å². The minimum Gasteiger partial charge on any atom is -0.444 e. The number of nitrogens with zero attached hydrogens (tertiary/aromatic N) is 1. The maximum absolute atomic E-state index is 11.9. The summed E-state index contributed by atoms with van der Waals surface area (Å²) in [7, 11) is 1.60. The van der Waals surface area contributed by atoms with Gasteiger partial charge in [-0.2, -0.15) is 0 Å². The third kappa shape index (κ3) is 3.70. The van der Waals surface area contributed by atoms with Crippen molar-refractivity contribution >= 4 is 12.4 Å². The molecule has 104 valence electrons. The highest BCUT2D eigenvalue weighted by Gasteiger charge is 2.37. The molecule has 3 atom stereocenters. The molecule has 0 radical (unpaired) electrons. The van der Waals surface area contributed by atoms with Crippen molar-refractivity contribution in [3.05, 3.63) is 0 Å². The Morgan fingerprint density at radius 3 is 2.50 bits per heavy atom. The Kier molecular flexibility index (Phi) is 4.73. The molecule has 1 heterocycles. The third-order valence-electron chi connectivity index (χ3n) is 3.14. The molecule has 0 bridgehead atoms. The van der Waals surface area contributed by atoms with Crippen LogP contribution in [0.25, 0.3) is 0 Å². The van der Waals surface area contributed by atoms with Crippen molar-refractivity contribution in [1.82, 2.24) is 4.90 Å². The number of rotatable bonds is 3. The number of aldehydes is 1. The van der Waals surface area contributed by atoms with Crippen LogP contribution in [0.2, 0.25) is 0 Å². The fourth-order valence-electron chi connectivity index (χ4n) is 2.13. The van der Waals surface area contributed by atoms with E-state index < -0.39 is 17.7 Å². The molecule has 0 aromatic rings. The first-order chi connectivity index (χ1) is 8.26. The smallest absolute Gasteiger partial charge is 0.410 e. The van der Waals surface area contributed by atoms with Crippen LogP contribution in [-0.4, -0.2) is 48.7 Å². The molecule has 1 aliphatic rings. The number of hydrogen-bond acceptors (Lipinski definition) is 4. The topological polar surface area (TPSA) is 55.8 Å². The van der Waals surface area contributed by atoms with Gasteiger partial charge in [0, 0.05) is 19.6 Å². The van der Waals surface area contributed by atoms with Gasteiger partial charge < -0.3 is 19.2 Å². The second-order valence-electron chi connectivity index (χ2n) is 5.75. The molecule has 1 saturated heterocycles. The van der Waals surface area contributed by atoms with Gasteiger partial charge in [-0.25, -0.2) is 4.79 Å². The van der Waals surface area contributed by atoms with E-state index in [0.717, 1.165) is 12.7 Å². The third-order valence-corrected chi connectivity index (χ3v) is 3.14. The van der Waals surface area contributed by atoms with Crippen molar-refractivity contribution < 1.29 is 19.1 Å². The molecular formula is C13H23NO4. The van der Waals surface area contributed by atoms with Crippen LogP contribution in [0.1, 0.15) is 34.1 Å². The molecule has 3 unspecified atom stereocenters. The molecular weight excluding hydrogens is 234 g/mol. The van der Waals surface area contributed by atoms with Crippen LogP contribution in [0.3, 0.4) is 0 Å². The maximum Gasteiger partial charge on any atom is 0.410 e. The molecule has 0 spiro atoms. The average Bonchev–Trinajstić information content (AvgIpc) is 2.63. The summed E-state index contributed by atoms with van der Waals surface area (Å²) in [5.41, 5.74) is -0.559. The fraction of sp³-hybridized carbons (Fsp3) is 0.846. The van der Waals surface area contributed by atoms with Crippen LogP contribution >= 0.6 is 0 Å². The van der Waals surface area contributed by atoms with Crippen LogP contribution in [0, 0.1) is 5.92 Å². The average molecular weight is 257 g/mol. The summed E-state index contributed by atoms with van der Waals surface area (Å²) in [6.07, 6.45) is 1.11. The van der Waals surface area contributed by atoms with Gasteiger partial charge in [0.25, 0.3) is 0 Å². The van der Waals surface area contributed by atoms with Gasteiger partial charge in [-0.05, 0) is 34.1 Å². The van der Waals surface area contributed by atoms with E-state index in [1.54, 1.807) is 27.8 Å². The van der Waals surface area contributed by atoms with Gasteiger partial charge in [0.2, 0.25) is 0 Å². The largest absolute Gasteiger partial charge is 0.444 e. The summed E-state index contributed by atoms with van der Waals surface area (Å²) in [5.74, 6) is 0.0417. The molecule has 0 N–H and O–H groups in total. The highest BCUT2D eigenvalue weighted by atomic mass is 16.6. The van der Waals surface area contributed by atoms with Crippen molar-refractivity contribution in [2.45, 2.75) is 51.9 Å². The van der Waals surface area contributed by atoms with Gasteiger partial charge in [0.15, 0.2) is 0 Å². The minimum absolute atomic E-state index is 0.00918. The summed E-state index contributed by atoms with van der Waals surface area (Å²) < 4.78 is 10.7. The summed E-state index contributed by atoms with van der Waals surface area (Å²) >= 11 is 0. The number of amides is 1. The van der Waals surface area contributed by atoms with Crippen molar-refractivity contribution in [2.24, 2.45) is 5.92 Å². The fourth-order valence-corrected chi connectivity index (χ4v) is 2.13. The zero-order chi connectivity index (χ0) is 13.9. The summed E-state index contributed by atoms with van der Waals surface area (Å²) in [4.78, 5) is 24.5. The predicted molar refractivity (Wildman–Crippen MR) is 67.4 cm³/mol. The van der Waals surface area contributed by atoms with E-state index in [-0.39, 0.29) is 12.0 Å². The normalized spacial score (nSPS) is 25.6. The van der Waals surface area contributed by atoms with E-state index in [0.29, 0.717) is 6.61 Å². The quantitative estimate of drug-likeness (QED) is 0.724. The summed E-state index contributed by atoms with van der Waals surface area (Å²) in [6, 6.07) is -0.489. The van der Waals surface area contributed by atoms with E-state index in [4.69, 9.17) is 9.47 Å². The van der Waals surface area contributed by atoms with Crippen LogP contribution in [0.15, 0.2) is 0 Å². The number of ether oxygens (including phenoxy) is 2. The SMILES string of the molecule is CC1OCCC1C(C=O)N(C)C(=O)OC(C)(C)C. The van der Waals surface area contributed by atoms with Crippen molar-refractivity contribution in [2.75, 3.05) is 13.7 Å². The van der Waals surface area contributed by atoms with E-state index in [1.807, 2.05) is 6.92 Å². The molecule has 0 aliphatic carbocycles. The molecule has 18 heavy (non-hydrogen) atoms. The number of carbonyl (C=O) groups is 2. The van der Waals surface area contributed by atoms with Crippen molar-refractivity contribution in [3.63, 3.8) is 0 Å². The number of hydrogen-bond donors (Lipinski definition) is 0. The Morgan fingerprint density at radius 2 is 2.11 bits per heavy atom. The van der Waals surface area contributed by atoms with Gasteiger partial charge in [0.1, 0.15) is 11.9 Å². The zero-order valence-corrected chi connectivity index (χ0v) is 11.8. The van der Waals surface area contributed by atoms with Crippen LogP contribution in [-0.2, 0) is 14.3 Å². The molecule has 0 saturated carbocycles. The molecule has 1 aliphatic heterocycles. The lowest BCUT2D eigenvalue weighted by atomic mass is 9.93. The highest BCUT2D eigenvalue weighted by molar-refractivity contribution is 5.73. The molecule has 1 fully saturated rings. The first kappa shape index (κ1) is 15.0. The minimum atomic E-state index is -0.559. The second kappa shape index (κ2) is 5.69. The second-order valence-corrected chi connectivity index (χ2v) is 5.75. The Balaban J connectivity index is 2.70. The maximum atomic E-state index is 11.9. The zero-order valence-electron chi connectivity index (χ0n) is 11.8. The predicted octanol–water partition coefficient (Wildman–Crippen LogP) is 1.85. The van der Waals surface area contributed by atoms with E-state index in [9.17, 15) is 9.59 Å². The Bertz CT molecular complexity index is 311. The first-order valence-electron chi connectivity index (χ1n) is 6.29. The van der Waals surface area contributed by atoms with E-state index in [2.05, 4.69) is 0 Å². The van der Waals surface area contributed by atoms with Gasteiger partial charge in [0.05, 0.1) is 12.1 Å². The first-order valence-corrected chi connectivity index (χ1v) is 6.29.